The second-order valence-electron chi connectivity index (χ2n) is 6.35. The third kappa shape index (κ3) is 4.70. The Kier molecular flexibility index (Phi) is 6.55. The topological polar surface area (TPSA) is 138 Å². The number of hydrogen-bond acceptors (Lipinski definition) is 8. The summed E-state index contributed by atoms with van der Waals surface area (Å²) >= 11 is 0. The Hall–Kier alpha value is -3.15. The number of nitrogens with one attached hydrogen (secondary N) is 2. The van der Waals surface area contributed by atoms with Crippen molar-refractivity contribution < 1.29 is 32.3 Å². The molecule has 0 aliphatic carbocycles. The van der Waals surface area contributed by atoms with Crippen LogP contribution in [0.5, 0.6) is 0 Å². The number of anilines is 1. The third-order valence-electron chi connectivity index (χ3n) is 4.40. The molecule has 1 aliphatic heterocycles. The van der Waals surface area contributed by atoms with Crippen molar-refractivity contribution in [2.24, 2.45) is 0 Å². The highest BCUT2D eigenvalue weighted by atomic mass is 32.2. The predicted octanol–water partition coefficient (Wildman–Crippen LogP) is 0.432. The van der Waals surface area contributed by atoms with Crippen molar-refractivity contribution in [2.45, 2.75) is 11.4 Å². The Labute approximate surface area is 173 Å². The van der Waals surface area contributed by atoms with Gasteiger partial charge in [0.15, 0.2) is 0 Å². The molecule has 1 aliphatic rings. The lowest BCUT2D eigenvalue weighted by molar-refractivity contribution is -0.136. The number of carbonyl (C=O) groups excluding carboxylic acids is 2. The average molecular weight is 435 g/mol. The second kappa shape index (κ2) is 9.11. The first kappa shape index (κ1) is 21.6. The van der Waals surface area contributed by atoms with Crippen molar-refractivity contribution in [3.05, 3.63) is 59.7 Å². The number of aliphatic hydroxyl groups is 1. The Morgan fingerprint density at radius 3 is 2.60 bits per heavy atom. The number of carbonyl (C=O) groups is 2. The van der Waals surface area contributed by atoms with E-state index in [4.69, 9.17) is 14.3 Å². The van der Waals surface area contributed by atoms with Gasteiger partial charge in [-0.2, -0.15) is 0 Å². The van der Waals surface area contributed by atoms with Gasteiger partial charge in [0, 0.05) is 12.2 Å². The number of β-amino-alcohol motifs (C(OH)–C–C–N with tert-alkyl or cyclic N) is 1. The van der Waals surface area contributed by atoms with Gasteiger partial charge in [-0.05, 0) is 36.4 Å². The normalized spacial score (nSPS) is 14.3. The number of ether oxygens (including phenoxy) is 1. The van der Waals surface area contributed by atoms with E-state index >= 15 is 0 Å². The molecule has 0 spiro atoms. The summed E-state index contributed by atoms with van der Waals surface area (Å²) in [5.41, 5.74) is 0.574. The lowest BCUT2D eigenvalue weighted by atomic mass is 10.2. The molecule has 0 saturated heterocycles. The molecule has 0 radical (unpaired) electrons. The van der Waals surface area contributed by atoms with Gasteiger partial charge in [0.1, 0.15) is 11.5 Å². The molecule has 11 heteroatoms. The van der Waals surface area contributed by atoms with E-state index in [0.717, 1.165) is 0 Å². The van der Waals surface area contributed by atoms with Crippen LogP contribution < -0.4 is 10.0 Å². The summed E-state index contributed by atoms with van der Waals surface area (Å²) in [6.07, 6.45) is 1.45. The molecule has 0 fully saturated rings. The lowest BCUT2D eigenvalue weighted by Gasteiger charge is -2.15. The smallest absolute Gasteiger partial charge is 0.337 e. The van der Waals surface area contributed by atoms with Gasteiger partial charge in [-0.25, -0.2) is 17.9 Å². The van der Waals surface area contributed by atoms with E-state index in [2.05, 4.69) is 10.0 Å². The molecule has 0 saturated carbocycles. The minimum absolute atomic E-state index is 0.0115. The molecular formula is C19H21N3O7S. The number of furan rings is 1. The van der Waals surface area contributed by atoms with E-state index in [1.165, 1.54) is 42.5 Å². The van der Waals surface area contributed by atoms with Crippen molar-refractivity contribution in [1.82, 2.24) is 9.62 Å². The minimum Gasteiger partial charge on any atom is -0.468 e. The molecule has 30 heavy (non-hydrogen) atoms. The summed E-state index contributed by atoms with van der Waals surface area (Å²) < 4.78 is 37.1. The number of benzene rings is 1. The van der Waals surface area contributed by atoms with E-state index in [9.17, 15) is 18.0 Å². The van der Waals surface area contributed by atoms with Crippen molar-refractivity contribution in [3.63, 3.8) is 0 Å². The molecule has 0 unspecified atom stereocenters. The maximum Gasteiger partial charge on any atom is 0.337 e. The molecule has 160 valence electrons. The summed E-state index contributed by atoms with van der Waals surface area (Å²) in [5.74, 6) is -0.639. The number of aliphatic hydroxyl groups excluding tert-OH is 1. The van der Waals surface area contributed by atoms with Crippen molar-refractivity contribution in [2.75, 3.05) is 32.1 Å². The molecule has 0 atom stereocenters. The molecule has 1 amide bonds. The number of amides is 1. The maximum absolute atomic E-state index is 12.5. The van der Waals surface area contributed by atoms with Crippen LogP contribution >= 0.6 is 0 Å². The first-order valence-electron chi connectivity index (χ1n) is 8.96. The fourth-order valence-electron chi connectivity index (χ4n) is 2.87. The molecule has 3 N–H and O–H groups in total. The molecule has 3 rings (SSSR count). The molecule has 2 aromatic rings. The van der Waals surface area contributed by atoms with Crippen LogP contribution in [0.3, 0.4) is 0 Å². The van der Waals surface area contributed by atoms with Crippen LogP contribution in [-0.4, -0.2) is 57.1 Å². The SMILES string of the molecule is COC(=O)C1=C(Nc2ccc(S(=O)(=O)NCc3ccco3)cc2)C(=O)N(CCO)C1. The highest BCUT2D eigenvalue weighted by Gasteiger charge is 2.34. The van der Waals surface area contributed by atoms with Crippen LogP contribution in [0.15, 0.2) is 63.2 Å². The quantitative estimate of drug-likeness (QED) is 0.482. The Morgan fingerprint density at radius 1 is 1.27 bits per heavy atom. The number of nitrogens with zero attached hydrogens (tertiary/aromatic N) is 1. The Bertz CT molecular complexity index is 1040. The van der Waals surface area contributed by atoms with Crippen molar-refractivity contribution in [3.8, 4) is 0 Å². The highest BCUT2D eigenvalue weighted by molar-refractivity contribution is 7.89. The lowest BCUT2D eigenvalue weighted by Crippen LogP contribution is -2.31. The second-order valence-corrected chi connectivity index (χ2v) is 8.12. The van der Waals surface area contributed by atoms with Crippen molar-refractivity contribution in [1.29, 1.82) is 0 Å². The van der Waals surface area contributed by atoms with Gasteiger partial charge in [0.2, 0.25) is 10.0 Å². The van der Waals surface area contributed by atoms with Gasteiger partial charge in [-0.15, -0.1) is 0 Å². The number of rotatable bonds is 9. The summed E-state index contributed by atoms with van der Waals surface area (Å²) in [4.78, 5) is 25.9. The number of methoxy groups -OCH3 is 1. The number of hydrogen-bond donors (Lipinski definition) is 3. The predicted molar refractivity (Wildman–Crippen MR) is 106 cm³/mol. The van der Waals surface area contributed by atoms with E-state index in [0.29, 0.717) is 11.4 Å². The molecule has 10 nitrogen and oxygen atoms in total. The van der Waals surface area contributed by atoms with Gasteiger partial charge >= 0.3 is 5.97 Å². The van der Waals surface area contributed by atoms with Gasteiger partial charge in [-0.1, -0.05) is 0 Å². The maximum atomic E-state index is 12.5. The fraction of sp³-hybridized carbons (Fsp3) is 0.263. The van der Waals surface area contributed by atoms with Gasteiger partial charge in [-0.3, -0.25) is 4.79 Å². The first-order valence-corrected chi connectivity index (χ1v) is 10.4. The van der Waals surface area contributed by atoms with E-state index in [1.54, 1.807) is 12.1 Å². The fourth-order valence-corrected chi connectivity index (χ4v) is 3.87. The van der Waals surface area contributed by atoms with Crippen LogP contribution in [0.4, 0.5) is 5.69 Å². The van der Waals surface area contributed by atoms with Gasteiger partial charge in [0.25, 0.3) is 5.91 Å². The zero-order valence-electron chi connectivity index (χ0n) is 16.1. The van der Waals surface area contributed by atoms with E-state index < -0.39 is 21.9 Å². The van der Waals surface area contributed by atoms with Crippen LogP contribution in [0.2, 0.25) is 0 Å². The molecular weight excluding hydrogens is 414 g/mol. The summed E-state index contributed by atoms with van der Waals surface area (Å²) in [6.45, 7) is -0.147. The Balaban J connectivity index is 1.75. The van der Waals surface area contributed by atoms with Crippen LogP contribution in [-0.2, 0) is 30.9 Å². The molecule has 2 heterocycles. The van der Waals surface area contributed by atoms with Crippen LogP contribution in [0.25, 0.3) is 0 Å². The minimum atomic E-state index is -3.76. The Morgan fingerprint density at radius 2 is 2.00 bits per heavy atom. The van der Waals surface area contributed by atoms with Crippen LogP contribution in [0, 0.1) is 0 Å². The standard InChI is InChI=1S/C19H21N3O7S/c1-28-19(25)16-12-22(8-9-23)18(24)17(16)21-13-4-6-15(7-5-13)30(26,27)20-11-14-3-2-10-29-14/h2-7,10,20-21,23H,8-9,11-12H2,1H3. The summed E-state index contributed by atoms with van der Waals surface area (Å²) in [6, 6.07) is 9.01. The number of sulfonamides is 1. The third-order valence-corrected chi connectivity index (χ3v) is 5.82. The first-order chi connectivity index (χ1) is 14.4. The molecule has 1 aromatic heterocycles. The zero-order valence-corrected chi connectivity index (χ0v) is 16.9. The van der Waals surface area contributed by atoms with Crippen molar-refractivity contribution >= 4 is 27.6 Å². The van der Waals surface area contributed by atoms with E-state index in [-0.39, 0.29) is 42.4 Å². The van der Waals surface area contributed by atoms with Gasteiger partial charge < -0.3 is 24.5 Å². The summed E-state index contributed by atoms with van der Waals surface area (Å²) in [7, 11) is -2.55. The van der Waals surface area contributed by atoms with E-state index in [1.807, 2.05) is 0 Å². The van der Waals surface area contributed by atoms with Gasteiger partial charge in [0.05, 0.1) is 43.5 Å². The van der Waals surface area contributed by atoms with Crippen LogP contribution in [0.1, 0.15) is 5.76 Å². The number of esters is 1. The zero-order chi connectivity index (χ0) is 21.7. The molecule has 0 bridgehead atoms. The molecule has 1 aromatic carbocycles. The highest BCUT2D eigenvalue weighted by Crippen LogP contribution is 2.23. The summed E-state index contributed by atoms with van der Waals surface area (Å²) in [5, 5.41) is 11.9. The largest absolute Gasteiger partial charge is 0.468 e. The average Bonchev–Trinajstić information content (AvgIpc) is 3.36. The monoisotopic (exact) mass is 435 g/mol.